The normalized spacial score (nSPS) is 22.5. The molecule has 8 nitrogen and oxygen atoms in total. The van der Waals surface area contributed by atoms with E-state index < -0.39 is 0 Å². The van der Waals surface area contributed by atoms with E-state index in [2.05, 4.69) is 52.5 Å². The van der Waals surface area contributed by atoms with E-state index in [-0.39, 0.29) is 24.4 Å². The number of ether oxygens (including phenoxy) is 1. The van der Waals surface area contributed by atoms with Gasteiger partial charge in [0.05, 0.1) is 23.0 Å². The Kier molecular flexibility index (Phi) is 8.32. The number of likely N-dealkylation sites (tertiary alicyclic amines) is 2. The molecule has 0 N–H and O–H groups in total. The smallest absolute Gasteiger partial charge is 0.316 e. The summed E-state index contributed by atoms with van der Waals surface area (Å²) in [6, 6.07) is 13.0. The van der Waals surface area contributed by atoms with Crippen molar-refractivity contribution < 1.29 is 9.53 Å². The number of halogens is 1. The number of benzene rings is 2. The fraction of sp³-hybridized carbons (Fsp3) is 0.455. The van der Waals surface area contributed by atoms with E-state index in [1.807, 2.05) is 12.1 Å². The van der Waals surface area contributed by atoms with Crippen molar-refractivity contribution in [2.75, 3.05) is 44.7 Å². The van der Waals surface area contributed by atoms with Crippen molar-refractivity contribution in [2.45, 2.75) is 56.7 Å². The van der Waals surface area contributed by atoms with E-state index in [9.17, 15) is 4.79 Å². The van der Waals surface area contributed by atoms with Gasteiger partial charge in [-0.25, -0.2) is 6.57 Å². The summed E-state index contributed by atoms with van der Waals surface area (Å²) in [5.41, 5.74) is 4.28. The second kappa shape index (κ2) is 12.3. The highest BCUT2D eigenvalue weighted by molar-refractivity contribution is 6.36. The number of rotatable bonds is 7. The number of fused-ring (bicyclic) bond motifs is 2. The maximum atomic E-state index is 12.5. The lowest BCUT2D eigenvalue weighted by molar-refractivity contribution is -0.129. The van der Waals surface area contributed by atoms with Crippen LogP contribution in [-0.4, -0.2) is 77.6 Å². The SMILES string of the molecule is [C-]#[N+]C[C@H]1CC(c2nc(OC[C@@H]3CCCN3C)nc3c2CCN(c2cccc4cccc(Cl)c24)C3)CCN1C(=O)C=C. The molecule has 0 spiro atoms. The number of piperidine rings is 1. The second-order valence-electron chi connectivity index (χ2n) is 11.6. The molecule has 3 atom stereocenters. The van der Waals surface area contributed by atoms with Crippen molar-refractivity contribution in [3.05, 3.63) is 82.4 Å². The van der Waals surface area contributed by atoms with Crippen molar-refractivity contribution in [3.63, 3.8) is 0 Å². The molecule has 1 amide bonds. The molecule has 1 unspecified atom stereocenters. The molecule has 0 saturated carbocycles. The van der Waals surface area contributed by atoms with Crippen LogP contribution in [-0.2, 0) is 17.8 Å². The predicted octanol–water partition coefficient (Wildman–Crippen LogP) is 5.50. The van der Waals surface area contributed by atoms with E-state index in [4.69, 9.17) is 32.9 Å². The maximum absolute atomic E-state index is 12.5. The molecule has 2 saturated heterocycles. The van der Waals surface area contributed by atoms with Crippen LogP contribution in [0.5, 0.6) is 6.01 Å². The number of likely N-dealkylation sites (N-methyl/N-ethyl adjacent to an activating group) is 1. The molecule has 2 fully saturated rings. The molecule has 6 rings (SSSR count). The van der Waals surface area contributed by atoms with Gasteiger partial charge >= 0.3 is 6.01 Å². The van der Waals surface area contributed by atoms with Gasteiger partial charge in [0.25, 0.3) is 0 Å². The second-order valence-corrected chi connectivity index (χ2v) is 12.0. The van der Waals surface area contributed by atoms with Crippen LogP contribution in [0.3, 0.4) is 0 Å². The minimum Gasteiger partial charge on any atom is -0.462 e. The van der Waals surface area contributed by atoms with E-state index in [1.165, 1.54) is 18.1 Å². The summed E-state index contributed by atoms with van der Waals surface area (Å²) in [6.07, 6.45) is 5.91. The van der Waals surface area contributed by atoms with Crippen LogP contribution in [0.1, 0.15) is 48.6 Å². The Balaban J connectivity index is 1.34. The molecule has 1 aromatic heterocycles. The lowest BCUT2D eigenvalue weighted by Gasteiger charge is -2.38. The number of anilines is 1. The summed E-state index contributed by atoms with van der Waals surface area (Å²) in [6.45, 7) is 15.1. The Morgan fingerprint density at radius 3 is 2.76 bits per heavy atom. The Bertz CT molecular complexity index is 1530. The van der Waals surface area contributed by atoms with Gasteiger partial charge in [0.2, 0.25) is 12.5 Å². The Hall–Kier alpha value is -3.67. The third-order valence-electron chi connectivity index (χ3n) is 9.19. The first-order chi connectivity index (χ1) is 20.5. The van der Waals surface area contributed by atoms with E-state index in [0.29, 0.717) is 38.2 Å². The quantitative estimate of drug-likeness (QED) is 0.270. The Morgan fingerprint density at radius 2 is 2.00 bits per heavy atom. The van der Waals surface area contributed by atoms with Gasteiger partial charge in [0, 0.05) is 36.1 Å². The lowest BCUT2D eigenvalue weighted by atomic mass is 9.84. The van der Waals surface area contributed by atoms with Crippen molar-refractivity contribution in [2.24, 2.45) is 0 Å². The van der Waals surface area contributed by atoms with E-state index in [0.717, 1.165) is 65.2 Å². The third kappa shape index (κ3) is 5.56. The molecule has 218 valence electrons. The van der Waals surface area contributed by atoms with Crippen LogP contribution in [0, 0.1) is 6.57 Å². The highest BCUT2D eigenvalue weighted by Gasteiger charge is 2.36. The number of amides is 1. The molecule has 0 radical (unpaired) electrons. The first-order valence-electron chi connectivity index (χ1n) is 14.9. The molecule has 4 heterocycles. The summed E-state index contributed by atoms with van der Waals surface area (Å²) in [4.78, 5) is 32.7. The molecular weight excluding hydrogens is 548 g/mol. The molecule has 3 aliphatic rings. The van der Waals surface area contributed by atoms with Gasteiger partial charge in [-0.1, -0.05) is 42.4 Å². The van der Waals surface area contributed by atoms with Crippen LogP contribution >= 0.6 is 11.6 Å². The van der Waals surface area contributed by atoms with Crippen molar-refractivity contribution in [1.29, 1.82) is 0 Å². The zero-order valence-electron chi connectivity index (χ0n) is 24.1. The van der Waals surface area contributed by atoms with Crippen molar-refractivity contribution >= 4 is 34.0 Å². The van der Waals surface area contributed by atoms with Crippen LogP contribution in [0.2, 0.25) is 5.02 Å². The minimum atomic E-state index is -0.160. The molecule has 0 aliphatic carbocycles. The lowest BCUT2D eigenvalue weighted by Crippen LogP contribution is -2.46. The number of carbonyl (C=O) groups excluding carboxylic acids is 1. The summed E-state index contributed by atoms with van der Waals surface area (Å²) < 4.78 is 6.31. The first-order valence-corrected chi connectivity index (χ1v) is 15.3. The number of hydrogen-bond donors (Lipinski definition) is 0. The summed E-state index contributed by atoms with van der Waals surface area (Å²) >= 11 is 6.70. The van der Waals surface area contributed by atoms with Gasteiger partial charge < -0.3 is 24.3 Å². The molecular formula is C33H37ClN6O2. The highest BCUT2D eigenvalue weighted by Crippen LogP contribution is 2.39. The van der Waals surface area contributed by atoms with Crippen LogP contribution in [0.25, 0.3) is 15.6 Å². The molecule has 9 heteroatoms. The third-order valence-corrected chi connectivity index (χ3v) is 9.50. The average Bonchev–Trinajstić information content (AvgIpc) is 3.43. The fourth-order valence-electron chi connectivity index (χ4n) is 6.93. The Labute approximate surface area is 252 Å². The van der Waals surface area contributed by atoms with Crippen molar-refractivity contribution in [1.82, 2.24) is 19.8 Å². The maximum Gasteiger partial charge on any atom is 0.316 e. The molecule has 42 heavy (non-hydrogen) atoms. The van der Waals surface area contributed by atoms with E-state index >= 15 is 0 Å². The van der Waals surface area contributed by atoms with Crippen LogP contribution in [0.4, 0.5) is 5.69 Å². The highest BCUT2D eigenvalue weighted by atomic mass is 35.5. The van der Waals surface area contributed by atoms with Gasteiger partial charge in [-0.3, -0.25) is 4.79 Å². The van der Waals surface area contributed by atoms with Gasteiger partial charge in [-0.2, -0.15) is 9.97 Å². The first kappa shape index (κ1) is 28.4. The van der Waals surface area contributed by atoms with Crippen molar-refractivity contribution in [3.8, 4) is 6.01 Å². The van der Waals surface area contributed by atoms with Gasteiger partial charge in [0.15, 0.2) is 0 Å². The van der Waals surface area contributed by atoms with Gasteiger partial charge in [-0.05, 0) is 74.9 Å². The largest absolute Gasteiger partial charge is 0.462 e. The monoisotopic (exact) mass is 584 g/mol. The standard InChI is InChI=1S/C33H37ClN6O2/c1-4-30(41)40-17-13-23(18-25(40)19-35-2)32-26-14-16-39(29-12-6-9-22-8-5-11-27(34)31(22)29)20-28(26)36-33(37-32)42-21-24-10-7-15-38(24)3/h4-6,8-9,11-12,23-25H,1,7,10,13-21H2,3H3/t23?,24-,25+/m0/s1. The van der Waals surface area contributed by atoms with Gasteiger partial charge in [-0.15, -0.1) is 0 Å². The fourth-order valence-corrected chi connectivity index (χ4v) is 7.21. The van der Waals surface area contributed by atoms with E-state index in [1.54, 1.807) is 4.90 Å². The molecule has 3 aliphatic heterocycles. The summed E-state index contributed by atoms with van der Waals surface area (Å²) in [5, 5.41) is 2.92. The zero-order valence-corrected chi connectivity index (χ0v) is 24.9. The zero-order chi connectivity index (χ0) is 29.2. The van der Waals surface area contributed by atoms with Gasteiger partial charge in [0.1, 0.15) is 12.6 Å². The average molecular weight is 585 g/mol. The molecule has 2 aromatic carbocycles. The minimum absolute atomic E-state index is 0.110. The summed E-state index contributed by atoms with van der Waals surface area (Å²) in [5.74, 6) is 0.0123. The number of aromatic nitrogens is 2. The Morgan fingerprint density at radius 1 is 1.17 bits per heavy atom. The molecule has 0 bridgehead atoms. The van der Waals surface area contributed by atoms with Crippen LogP contribution in [0.15, 0.2) is 49.1 Å². The summed E-state index contributed by atoms with van der Waals surface area (Å²) in [7, 11) is 2.14. The number of carbonyl (C=O) groups is 1. The number of nitrogens with zero attached hydrogens (tertiary/aromatic N) is 6. The topological polar surface area (TPSA) is 66.2 Å². The number of hydrogen-bond acceptors (Lipinski definition) is 6. The predicted molar refractivity (Wildman–Crippen MR) is 166 cm³/mol. The van der Waals surface area contributed by atoms with Crippen LogP contribution < -0.4 is 9.64 Å². The molecule has 3 aromatic rings.